The fourth-order valence-corrected chi connectivity index (χ4v) is 1.78. The van der Waals surface area contributed by atoms with Crippen molar-refractivity contribution in [1.82, 2.24) is 4.98 Å². The van der Waals surface area contributed by atoms with Crippen LogP contribution in [0.5, 0.6) is 5.75 Å². The lowest BCUT2D eigenvalue weighted by Crippen LogP contribution is -2.07. The highest BCUT2D eigenvalue weighted by molar-refractivity contribution is 9.10. The molecular weight excluding hydrogens is 339 g/mol. The van der Waals surface area contributed by atoms with E-state index in [-0.39, 0.29) is 12.4 Å². The van der Waals surface area contributed by atoms with Gasteiger partial charge in [0.1, 0.15) is 11.2 Å². The van der Waals surface area contributed by atoms with E-state index < -0.39 is 11.7 Å². The Hall–Kier alpha value is -2.21. The van der Waals surface area contributed by atoms with Crippen LogP contribution in [-0.4, -0.2) is 10.9 Å². The molecule has 1 amide bonds. The predicted octanol–water partition coefficient (Wildman–Crippen LogP) is 3.69. The minimum absolute atomic E-state index is 0.106. The Kier molecular flexibility index (Phi) is 5.05. The molecule has 0 aliphatic rings. The fraction of sp³-hybridized carbons (Fsp3) is 0.0667. The first-order valence-electron chi connectivity index (χ1n) is 6.04. The van der Waals surface area contributed by atoms with E-state index in [1.807, 2.05) is 6.07 Å². The van der Waals surface area contributed by atoms with Gasteiger partial charge in [-0.1, -0.05) is 12.6 Å². The van der Waals surface area contributed by atoms with E-state index >= 15 is 0 Å². The molecule has 0 fully saturated rings. The van der Waals surface area contributed by atoms with E-state index in [2.05, 4.69) is 32.8 Å². The largest absolute Gasteiger partial charge is 0.486 e. The lowest BCUT2D eigenvalue weighted by atomic mass is 10.2. The zero-order chi connectivity index (χ0) is 15.2. The maximum Gasteiger partial charge on any atom is 0.247 e. The van der Waals surface area contributed by atoms with Crippen LogP contribution in [0.15, 0.2) is 53.8 Å². The molecular formula is C15H12BrFN2O2. The topological polar surface area (TPSA) is 51.2 Å². The number of hydrogen-bond donors (Lipinski definition) is 1. The summed E-state index contributed by atoms with van der Waals surface area (Å²) in [6.45, 7) is 3.53. The number of nitrogens with one attached hydrogen (secondary N) is 1. The van der Waals surface area contributed by atoms with E-state index in [0.29, 0.717) is 5.69 Å². The predicted molar refractivity (Wildman–Crippen MR) is 81.5 cm³/mol. The fourth-order valence-electron chi connectivity index (χ4n) is 1.54. The van der Waals surface area contributed by atoms with Gasteiger partial charge in [0.2, 0.25) is 5.91 Å². The molecule has 2 rings (SSSR count). The second-order valence-electron chi connectivity index (χ2n) is 4.12. The van der Waals surface area contributed by atoms with Crippen LogP contribution in [-0.2, 0) is 11.4 Å². The lowest BCUT2D eigenvalue weighted by Gasteiger charge is -2.09. The molecule has 1 heterocycles. The van der Waals surface area contributed by atoms with Crippen molar-refractivity contribution in [2.24, 2.45) is 0 Å². The molecule has 108 valence electrons. The molecule has 0 spiro atoms. The number of rotatable bonds is 5. The summed E-state index contributed by atoms with van der Waals surface area (Å²) in [5.41, 5.74) is 1.16. The van der Waals surface area contributed by atoms with Crippen LogP contribution < -0.4 is 10.1 Å². The van der Waals surface area contributed by atoms with Crippen molar-refractivity contribution >= 4 is 27.5 Å². The van der Waals surface area contributed by atoms with Crippen molar-refractivity contribution in [3.8, 4) is 5.75 Å². The zero-order valence-electron chi connectivity index (χ0n) is 11.0. The highest BCUT2D eigenvalue weighted by atomic mass is 79.9. The second-order valence-corrected chi connectivity index (χ2v) is 4.93. The van der Waals surface area contributed by atoms with Crippen molar-refractivity contribution in [3.05, 3.63) is 65.2 Å². The first-order chi connectivity index (χ1) is 10.1. The summed E-state index contributed by atoms with van der Waals surface area (Å²) in [5.74, 6) is -0.847. The molecule has 2 aromatic rings. The number of hydrogen-bond acceptors (Lipinski definition) is 3. The van der Waals surface area contributed by atoms with E-state index in [1.165, 1.54) is 12.1 Å². The van der Waals surface area contributed by atoms with E-state index in [4.69, 9.17) is 4.74 Å². The number of carbonyl (C=O) groups excluding carboxylic acids is 1. The quantitative estimate of drug-likeness (QED) is 0.660. The van der Waals surface area contributed by atoms with Gasteiger partial charge in [0.15, 0.2) is 11.6 Å². The summed E-state index contributed by atoms with van der Waals surface area (Å²) < 4.78 is 20.0. The van der Waals surface area contributed by atoms with Crippen LogP contribution in [0, 0.1) is 5.82 Å². The highest BCUT2D eigenvalue weighted by Crippen LogP contribution is 2.22. The van der Waals surface area contributed by atoms with Gasteiger partial charge in [-0.2, -0.15) is 0 Å². The molecule has 0 aliphatic carbocycles. The molecule has 0 saturated carbocycles. The van der Waals surface area contributed by atoms with Crippen LogP contribution in [0.4, 0.5) is 10.1 Å². The number of ether oxygens (including phenoxy) is 1. The Balaban J connectivity index is 2.02. The number of benzene rings is 1. The van der Waals surface area contributed by atoms with Gasteiger partial charge >= 0.3 is 0 Å². The zero-order valence-corrected chi connectivity index (χ0v) is 12.6. The van der Waals surface area contributed by atoms with Crippen molar-refractivity contribution in [1.29, 1.82) is 0 Å². The maximum absolute atomic E-state index is 13.8. The molecule has 1 aromatic heterocycles. The molecule has 6 heteroatoms. The number of nitrogens with zero attached hydrogens (tertiary/aromatic N) is 1. The summed E-state index contributed by atoms with van der Waals surface area (Å²) in [4.78, 5) is 15.2. The minimum atomic E-state index is -0.554. The summed E-state index contributed by atoms with van der Waals surface area (Å²) in [6, 6.07) is 7.81. The lowest BCUT2D eigenvalue weighted by molar-refractivity contribution is -0.111. The van der Waals surface area contributed by atoms with E-state index in [9.17, 15) is 9.18 Å². The van der Waals surface area contributed by atoms with Crippen LogP contribution >= 0.6 is 15.9 Å². The summed E-state index contributed by atoms with van der Waals surface area (Å²) in [5, 5.41) is 2.47. The van der Waals surface area contributed by atoms with Crippen molar-refractivity contribution in [2.45, 2.75) is 6.61 Å². The Morgan fingerprint density at radius 3 is 2.86 bits per heavy atom. The van der Waals surface area contributed by atoms with Crippen molar-refractivity contribution in [2.75, 3.05) is 5.32 Å². The van der Waals surface area contributed by atoms with Gasteiger partial charge in [-0.05, 0) is 40.2 Å². The first-order valence-corrected chi connectivity index (χ1v) is 6.84. The summed E-state index contributed by atoms with van der Waals surface area (Å²) >= 11 is 3.23. The average molecular weight is 351 g/mol. The number of pyridine rings is 1. The molecule has 0 atom stereocenters. The van der Waals surface area contributed by atoms with Crippen LogP contribution in [0.25, 0.3) is 0 Å². The molecule has 0 radical (unpaired) electrons. The van der Waals surface area contributed by atoms with Gasteiger partial charge in [0.05, 0.1) is 0 Å². The van der Waals surface area contributed by atoms with Gasteiger partial charge in [-0.3, -0.25) is 4.79 Å². The van der Waals surface area contributed by atoms with E-state index in [0.717, 1.165) is 16.2 Å². The second kappa shape index (κ2) is 6.99. The normalized spacial score (nSPS) is 10.0. The summed E-state index contributed by atoms with van der Waals surface area (Å²) in [7, 11) is 0. The molecule has 0 aliphatic heterocycles. The molecule has 0 bridgehead atoms. The van der Waals surface area contributed by atoms with Crippen LogP contribution in [0.1, 0.15) is 5.56 Å². The molecule has 1 aromatic carbocycles. The van der Waals surface area contributed by atoms with Gasteiger partial charge in [0.25, 0.3) is 0 Å². The summed E-state index contributed by atoms with van der Waals surface area (Å²) in [6.07, 6.45) is 2.75. The Morgan fingerprint density at radius 1 is 1.43 bits per heavy atom. The van der Waals surface area contributed by atoms with Crippen molar-refractivity contribution in [3.63, 3.8) is 0 Å². The van der Waals surface area contributed by atoms with Gasteiger partial charge in [-0.25, -0.2) is 9.37 Å². The molecule has 4 nitrogen and oxygen atoms in total. The number of aromatic nitrogens is 1. The van der Waals surface area contributed by atoms with Crippen LogP contribution in [0.3, 0.4) is 0 Å². The maximum atomic E-state index is 13.8. The standard InChI is InChI=1S/C15H12BrFN2O2/c1-2-15(20)19-11-4-5-13(12(17)7-11)21-9-10-3-6-14(16)18-8-10/h2-8H,1,9H2,(H,19,20). The van der Waals surface area contributed by atoms with Crippen molar-refractivity contribution < 1.29 is 13.9 Å². The van der Waals surface area contributed by atoms with Gasteiger partial charge in [0, 0.05) is 23.5 Å². The Labute approximate surface area is 129 Å². The van der Waals surface area contributed by atoms with Gasteiger partial charge in [-0.15, -0.1) is 0 Å². The smallest absolute Gasteiger partial charge is 0.247 e. The number of carbonyl (C=O) groups is 1. The molecule has 21 heavy (non-hydrogen) atoms. The first kappa shape index (κ1) is 15.2. The third-order valence-electron chi connectivity index (χ3n) is 2.57. The number of amides is 1. The Morgan fingerprint density at radius 2 is 2.24 bits per heavy atom. The van der Waals surface area contributed by atoms with E-state index in [1.54, 1.807) is 18.3 Å². The average Bonchev–Trinajstić information content (AvgIpc) is 2.48. The minimum Gasteiger partial charge on any atom is -0.486 e. The molecule has 1 N–H and O–H groups in total. The van der Waals surface area contributed by atoms with Crippen LogP contribution in [0.2, 0.25) is 0 Å². The monoisotopic (exact) mass is 350 g/mol. The van der Waals surface area contributed by atoms with Gasteiger partial charge < -0.3 is 10.1 Å². The third kappa shape index (κ3) is 4.39. The molecule has 0 unspecified atom stereocenters. The SMILES string of the molecule is C=CC(=O)Nc1ccc(OCc2ccc(Br)nc2)c(F)c1. The number of anilines is 1. The molecule has 0 saturated heterocycles. The Bertz CT molecular complexity index is 659. The third-order valence-corrected chi connectivity index (χ3v) is 3.04. The highest BCUT2D eigenvalue weighted by Gasteiger charge is 2.06. The number of halogens is 2.